The van der Waals surface area contributed by atoms with Crippen LogP contribution in [0.1, 0.15) is 25.7 Å². The SMILES string of the molecule is NC[C@@H]1CC[C@@H](N)[C@@H](O[C@H]2[C@H](O[C@@H]3O[C@H](CO)[C@@H](O[C@H]4O[C@@H](CN)[C@@H](O)[C@H](O)[C@H]4N)[C@H]3O)[C@@H](O)[C@H](NC(=O)C3(O)CC3N)C[C@@H]2N)O1. The average molecular weight is 682 g/mol. The van der Waals surface area contributed by atoms with E-state index >= 15 is 0 Å². The van der Waals surface area contributed by atoms with Gasteiger partial charge in [-0.2, -0.15) is 0 Å². The summed E-state index contributed by atoms with van der Waals surface area (Å²) < 4.78 is 35.5. The molecule has 19 N–H and O–H groups in total. The maximum Gasteiger partial charge on any atom is 0.253 e. The van der Waals surface area contributed by atoms with E-state index in [1.807, 2.05) is 0 Å². The molecule has 5 aliphatic rings. The Morgan fingerprint density at radius 1 is 0.766 bits per heavy atom. The van der Waals surface area contributed by atoms with Crippen molar-refractivity contribution in [1.82, 2.24) is 5.32 Å². The van der Waals surface area contributed by atoms with Crippen LogP contribution >= 0.6 is 0 Å². The first kappa shape index (κ1) is 37.0. The highest BCUT2D eigenvalue weighted by molar-refractivity contribution is 5.89. The number of nitrogens with one attached hydrogen (secondary N) is 1. The average Bonchev–Trinajstić information content (AvgIpc) is 3.57. The highest BCUT2D eigenvalue weighted by atomic mass is 16.8. The quantitative estimate of drug-likeness (QED) is 0.0962. The molecule has 2 unspecified atom stereocenters. The van der Waals surface area contributed by atoms with Gasteiger partial charge in [-0.25, -0.2) is 0 Å². The van der Waals surface area contributed by atoms with E-state index in [0.717, 1.165) is 0 Å². The van der Waals surface area contributed by atoms with Crippen LogP contribution in [0.15, 0.2) is 0 Å². The highest BCUT2D eigenvalue weighted by Crippen LogP contribution is 2.37. The third kappa shape index (κ3) is 7.45. The first-order valence-corrected chi connectivity index (χ1v) is 16.0. The number of hydrogen-bond donors (Lipinski definition) is 13. The van der Waals surface area contributed by atoms with Crippen LogP contribution in [0.25, 0.3) is 0 Å². The Hall–Kier alpha value is -1.25. The van der Waals surface area contributed by atoms with Crippen molar-refractivity contribution >= 4 is 5.91 Å². The number of rotatable bonds is 11. The largest absolute Gasteiger partial charge is 0.394 e. The predicted molar refractivity (Wildman–Crippen MR) is 157 cm³/mol. The molecule has 19 atom stereocenters. The molecule has 0 aromatic rings. The first-order chi connectivity index (χ1) is 22.2. The van der Waals surface area contributed by atoms with Gasteiger partial charge in [0, 0.05) is 31.6 Å². The molecule has 272 valence electrons. The molecule has 3 aliphatic heterocycles. The molecule has 20 heteroatoms. The molecule has 5 fully saturated rings. The molecule has 0 radical (unpaired) electrons. The molecule has 0 aromatic carbocycles. The maximum atomic E-state index is 12.8. The zero-order valence-electron chi connectivity index (χ0n) is 25.8. The Kier molecular flexibility index (Phi) is 11.8. The van der Waals surface area contributed by atoms with Crippen LogP contribution in [0.3, 0.4) is 0 Å². The van der Waals surface area contributed by atoms with Crippen molar-refractivity contribution in [1.29, 1.82) is 0 Å². The van der Waals surface area contributed by atoms with E-state index < -0.39 is 122 Å². The summed E-state index contributed by atoms with van der Waals surface area (Å²) in [6.07, 6.45) is -15.2. The Bertz CT molecular complexity index is 1070. The zero-order chi connectivity index (χ0) is 34.4. The molecule has 20 nitrogen and oxygen atoms in total. The summed E-state index contributed by atoms with van der Waals surface area (Å²) in [6, 6.07) is -4.54. The van der Waals surface area contributed by atoms with Gasteiger partial charge in [0.25, 0.3) is 5.91 Å². The lowest BCUT2D eigenvalue weighted by atomic mass is 9.83. The molecule has 0 aromatic heterocycles. The zero-order valence-corrected chi connectivity index (χ0v) is 25.8. The molecular weight excluding hydrogens is 630 g/mol. The van der Waals surface area contributed by atoms with Gasteiger partial charge >= 0.3 is 0 Å². The topological polar surface area (TPSA) is 362 Å². The van der Waals surface area contributed by atoms with Crippen molar-refractivity contribution in [3.8, 4) is 0 Å². The second kappa shape index (κ2) is 14.9. The van der Waals surface area contributed by atoms with Gasteiger partial charge in [0.15, 0.2) is 24.5 Å². The van der Waals surface area contributed by atoms with E-state index in [1.54, 1.807) is 0 Å². The summed E-state index contributed by atoms with van der Waals surface area (Å²) in [6.45, 7) is -0.621. The number of carbonyl (C=O) groups excluding carboxylic acids is 1. The maximum absolute atomic E-state index is 12.8. The predicted octanol–water partition coefficient (Wildman–Crippen LogP) is -8.22. The van der Waals surface area contributed by atoms with E-state index in [0.29, 0.717) is 12.8 Å². The van der Waals surface area contributed by atoms with Crippen LogP contribution in [0, 0.1) is 0 Å². The van der Waals surface area contributed by atoms with Gasteiger partial charge in [-0.1, -0.05) is 0 Å². The first-order valence-electron chi connectivity index (χ1n) is 16.0. The fourth-order valence-electron chi connectivity index (χ4n) is 6.59. The van der Waals surface area contributed by atoms with Crippen LogP contribution in [0.5, 0.6) is 0 Å². The van der Waals surface area contributed by atoms with Crippen LogP contribution < -0.4 is 39.7 Å². The van der Waals surface area contributed by atoms with Crippen molar-refractivity contribution in [3.05, 3.63) is 0 Å². The molecular formula is C27H51N7O13. The minimum atomic E-state index is -1.79. The van der Waals surface area contributed by atoms with Gasteiger partial charge in [-0.15, -0.1) is 0 Å². The summed E-state index contributed by atoms with van der Waals surface area (Å²) in [5.74, 6) is -0.791. The number of nitrogens with two attached hydrogens (primary N) is 6. The summed E-state index contributed by atoms with van der Waals surface area (Å²) in [7, 11) is 0. The third-order valence-corrected chi connectivity index (χ3v) is 9.80. The van der Waals surface area contributed by atoms with Crippen LogP contribution in [-0.2, 0) is 33.2 Å². The molecule has 2 aliphatic carbocycles. The molecule has 3 saturated heterocycles. The Morgan fingerprint density at radius 2 is 1.40 bits per heavy atom. The Morgan fingerprint density at radius 3 is 2.02 bits per heavy atom. The lowest BCUT2D eigenvalue weighted by molar-refractivity contribution is -0.289. The molecule has 47 heavy (non-hydrogen) atoms. The fraction of sp³-hybridized carbons (Fsp3) is 0.963. The van der Waals surface area contributed by atoms with E-state index in [-0.39, 0.29) is 32.0 Å². The number of ether oxygens (including phenoxy) is 6. The van der Waals surface area contributed by atoms with Crippen molar-refractivity contribution in [2.24, 2.45) is 34.4 Å². The van der Waals surface area contributed by atoms with Gasteiger partial charge in [0.05, 0.1) is 30.8 Å². The van der Waals surface area contributed by atoms with Crippen molar-refractivity contribution in [3.63, 3.8) is 0 Å². The molecule has 1 amide bonds. The monoisotopic (exact) mass is 681 g/mol. The van der Waals surface area contributed by atoms with E-state index in [4.69, 9.17) is 62.8 Å². The third-order valence-electron chi connectivity index (χ3n) is 9.80. The summed E-state index contributed by atoms with van der Waals surface area (Å²) >= 11 is 0. The normalized spacial score (nSPS) is 51.9. The number of carbonyl (C=O) groups is 1. The molecule has 2 saturated carbocycles. The number of aliphatic hydroxyl groups is 6. The number of amides is 1. The second-order valence-corrected chi connectivity index (χ2v) is 13.2. The summed E-state index contributed by atoms with van der Waals surface area (Å²) in [5.41, 5.74) is 34.2. The number of aliphatic hydroxyl groups excluding tert-OH is 5. The summed E-state index contributed by atoms with van der Waals surface area (Å²) in [4.78, 5) is 12.8. The van der Waals surface area contributed by atoms with E-state index in [1.165, 1.54) is 0 Å². The second-order valence-electron chi connectivity index (χ2n) is 13.2. The summed E-state index contributed by atoms with van der Waals surface area (Å²) in [5, 5.41) is 66.6. The van der Waals surface area contributed by atoms with Gasteiger partial charge < -0.3 is 98.8 Å². The van der Waals surface area contributed by atoms with E-state index in [9.17, 15) is 35.4 Å². The molecule has 3 heterocycles. The smallest absolute Gasteiger partial charge is 0.253 e. The van der Waals surface area contributed by atoms with E-state index in [2.05, 4.69) is 5.32 Å². The van der Waals surface area contributed by atoms with Gasteiger partial charge in [-0.3, -0.25) is 4.79 Å². The van der Waals surface area contributed by atoms with Crippen molar-refractivity contribution < 1.29 is 63.9 Å². The molecule has 0 bridgehead atoms. The highest BCUT2D eigenvalue weighted by Gasteiger charge is 2.59. The standard InChI is InChI=1S/C27H51N7O13/c28-5-8-1-2-9(30)23(42-8)45-20-10(31)3-11(34-26(40)27(41)4-14(27)32)16(36)22(20)47-25-19(39)21(13(7-35)44-25)46-24-15(33)18(38)17(37)12(6-29)43-24/h8-25,35-39,41H,1-7,28-33H2,(H,34,40)/t8-,9+,10-,11+,12-,13+,14?,15+,16-,17+,18+,19+,20+,21+,22+,23+,24+,25-,27?/m0/s1. The van der Waals surface area contributed by atoms with Gasteiger partial charge in [0.1, 0.15) is 54.9 Å². The Balaban J connectivity index is 1.34. The van der Waals surface area contributed by atoms with Crippen molar-refractivity contribution in [2.75, 3.05) is 19.7 Å². The lowest BCUT2D eigenvalue weighted by Crippen LogP contribution is -2.67. The minimum Gasteiger partial charge on any atom is -0.394 e. The Labute approximate surface area is 270 Å². The number of hydrogen-bond acceptors (Lipinski definition) is 19. The molecule has 0 spiro atoms. The molecule has 5 rings (SSSR count). The van der Waals surface area contributed by atoms with Crippen LogP contribution in [0.4, 0.5) is 0 Å². The lowest BCUT2D eigenvalue weighted by Gasteiger charge is -2.46. The van der Waals surface area contributed by atoms with Crippen molar-refractivity contribution in [2.45, 2.75) is 141 Å². The van der Waals surface area contributed by atoms with Gasteiger partial charge in [0.2, 0.25) is 0 Å². The van der Waals surface area contributed by atoms with Crippen LogP contribution in [-0.4, -0.2) is 172 Å². The minimum absolute atomic E-state index is 0.0164. The fourth-order valence-corrected chi connectivity index (χ4v) is 6.59. The van der Waals surface area contributed by atoms with Crippen LogP contribution in [0.2, 0.25) is 0 Å². The van der Waals surface area contributed by atoms with Gasteiger partial charge in [-0.05, 0) is 19.3 Å².